The van der Waals surface area contributed by atoms with Crippen molar-refractivity contribution in [3.05, 3.63) is 64.7 Å². The Balaban J connectivity index is 2.10. The number of hydrogen-bond acceptors (Lipinski definition) is 2. The van der Waals surface area contributed by atoms with Crippen LogP contribution in [0.1, 0.15) is 42.0 Å². The molecule has 0 bridgehead atoms. The van der Waals surface area contributed by atoms with E-state index in [-0.39, 0.29) is 17.2 Å². The molecule has 2 aromatic rings. The molecule has 0 unspecified atom stereocenters. The van der Waals surface area contributed by atoms with Gasteiger partial charge in [0.05, 0.1) is 5.56 Å². The van der Waals surface area contributed by atoms with Crippen LogP contribution in [-0.4, -0.2) is 12.0 Å². The lowest BCUT2D eigenvalue weighted by molar-refractivity contribution is -0.138. The van der Waals surface area contributed by atoms with Gasteiger partial charge in [0.15, 0.2) is 6.10 Å². The summed E-state index contributed by atoms with van der Waals surface area (Å²) in [6.45, 7) is 5.58. The molecule has 2 aromatic carbocycles. The zero-order chi connectivity index (χ0) is 20.0. The lowest BCUT2D eigenvalue weighted by atomic mass is 10.1. The van der Waals surface area contributed by atoms with Gasteiger partial charge in [0.1, 0.15) is 5.75 Å². The number of rotatable bonds is 7. The Hall–Kier alpha value is -2.50. The Morgan fingerprint density at radius 2 is 1.81 bits per heavy atom. The van der Waals surface area contributed by atoms with Gasteiger partial charge in [-0.25, -0.2) is 0 Å². The average molecular weight is 379 g/mol. The molecule has 0 aliphatic carbocycles. The molecule has 0 aromatic heterocycles. The van der Waals surface area contributed by atoms with Crippen molar-refractivity contribution < 1.29 is 22.7 Å². The number of amides is 1. The molecule has 0 aliphatic heterocycles. The van der Waals surface area contributed by atoms with Gasteiger partial charge < -0.3 is 10.1 Å². The van der Waals surface area contributed by atoms with Gasteiger partial charge in [-0.2, -0.15) is 13.2 Å². The molecule has 6 heteroatoms. The van der Waals surface area contributed by atoms with Crippen LogP contribution >= 0.6 is 0 Å². The number of benzene rings is 2. The van der Waals surface area contributed by atoms with Gasteiger partial charge in [-0.15, -0.1) is 0 Å². The number of carbonyl (C=O) groups excluding carboxylic acids is 1. The van der Waals surface area contributed by atoms with Crippen molar-refractivity contribution in [2.24, 2.45) is 0 Å². The summed E-state index contributed by atoms with van der Waals surface area (Å²) in [5, 5.41) is 2.82. The maximum Gasteiger partial charge on any atom is 0.416 e. The fraction of sp³-hybridized carbons (Fsp3) is 0.381. The third-order valence-corrected chi connectivity index (χ3v) is 4.35. The van der Waals surface area contributed by atoms with E-state index in [2.05, 4.69) is 5.32 Å². The van der Waals surface area contributed by atoms with Gasteiger partial charge >= 0.3 is 6.18 Å². The Bertz CT molecular complexity index is 787. The van der Waals surface area contributed by atoms with E-state index in [0.717, 1.165) is 17.2 Å². The van der Waals surface area contributed by atoms with Crippen molar-refractivity contribution in [2.45, 2.75) is 52.4 Å². The molecule has 0 spiro atoms. The van der Waals surface area contributed by atoms with E-state index in [4.69, 9.17) is 4.74 Å². The van der Waals surface area contributed by atoms with Crippen LogP contribution in [0, 0.1) is 13.8 Å². The van der Waals surface area contributed by atoms with Gasteiger partial charge in [0.25, 0.3) is 5.91 Å². The molecule has 3 nitrogen and oxygen atoms in total. The molecule has 0 saturated carbocycles. The fourth-order valence-corrected chi connectivity index (χ4v) is 2.75. The highest BCUT2D eigenvalue weighted by atomic mass is 19.4. The first-order valence-electron chi connectivity index (χ1n) is 8.89. The zero-order valence-electron chi connectivity index (χ0n) is 15.7. The van der Waals surface area contributed by atoms with Gasteiger partial charge in [0, 0.05) is 6.54 Å². The van der Waals surface area contributed by atoms with Crippen LogP contribution in [0.2, 0.25) is 0 Å². The van der Waals surface area contributed by atoms with Crippen molar-refractivity contribution >= 4 is 5.91 Å². The molecule has 0 fully saturated rings. The summed E-state index contributed by atoms with van der Waals surface area (Å²) in [4.78, 5) is 12.5. The van der Waals surface area contributed by atoms with E-state index >= 15 is 0 Å². The van der Waals surface area contributed by atoms with Crippen LogP contribution in [0.15, 0.2) is 42.5 Å². The number of hydrogen-bond donors (Lipinski definition) is 1. The Kier molecular flexibility index (Phi) is 6.88. The van der Waals surface area contributed by atoms with Crippen LogP contribution in [0.5, 0.6) is 5.75 Å². The second kappa shape index (κ2) is 8.93. The molecule has 146 valence electrons. The summed E-state index contributed by atoms with van der Waals surface area (Å²) in [5.74, 6) is -0.299. The summed E-state index contributed by atoms with van der Waals surface area (Å²) < 4.78 is 44.9. The second-order valence-corrected chi connectivity index (χ2v) is 6.51. The molecule has 1 atom stereocenters. The van der Waals surface area contributed by atoms with Crippen LogP contribution in [0.3, 0.4) is 0 Å². The number of alkyl halides is 3. The van der Waals surface area contributed by atoms with Gasteiger partial charge in [-0.05, 0) is 49.1 Å². The number of carbonyl (C=O) groups is 1. The summed E-state index contributed by atoms with van der Waals surface area (Å²) in [6, 6.07) is 11.4. The lowest BCUT2D eigenvalue weighted by Crippen LogP contribution is -2.38. The minimum atomic E-state index is -4.46. The van der Waals surface area contributed by atoms with Crippen molar-refractivity contribution in [3.8, 4) is 5.75 Å². The van der Waals surface area contributed by atoms with Crippen LogP contribution < -0.4 is 10.1 Å². The molecule has 2 rings (SSSR count). The Labute approximate surface area is 157 Å². The van der Waals surface area contributed by atoms with Crippen molar-refractivity contribution in [3.63, 3.8) is 0 Å². The molecule has 1 N–H and O–H groups in total. The standard InChI is InChI=1S/C21H24F3NO2/c1-4-7-19(20(26)25-13-16-9-6-5-8-14(16)2)27-17-11-10-15(3)18(12-17)21(22,23)24/h5-6,8-12,19H,4,7,13H2,1-3H3,(H,25,26)/t19-/m1/s1. The van der Waals surface area contributed by atoms with Crippen LogP contribution in [-0.2, 0) is 17.5 Å². The van der Waals surface area contributed by atoms with E-state index in [9.17, 15) is 18.0 Å². The van der Waals surface area contributed by atoms with Gasteiger partial charge in [-0.1, -0.05) is 43.7 Å². The molecule has 0 saturated heterocycles. The molecule has 1 amide bonds. The highest BCUT2D eigenvalue weighted by Gasteiger charge is 2.33. The summed E-state index contributed by atoms with van der Waals surface area (Å²) in [7, 11) is 0. The molecule has 0 radical (unpaired) electrons. The van der Waals surface area contributed by atoms with Crippen LogP contribution in [0.25, 0.3) is 0 Å². The first-order valence-corrected chi connectivity index (χ1v) is 8.89. The maximum atomic E-state index is 13.1. The highest BCUT2D eigenvalue weighted by Crippen LogP contribution is 2.34. The topological polar surface area (TPSA) is 38.3 Å². The van der Waals surface area contributed by atoms with E-state index < -0.39 is 17.8 Å². The van der Waals surface area contributed by atoms with E-state index in [1.165, 1.54) is 19.1 Å². The average Bonchev–Trinajstić information content (AvgIpc) is 2.61. The molecular formula is C21H24F3NO2. The highest BCUT2D eigenvalue weighted by molar-refractivity contribution is 5.81. The zero-order valence-corrected chi connectivity index (χ0v) is 15.7. The third kappa shape index (κ3) is 5.74. The minimum Gasteiger partial charge on any atom is -0.481 e. The molecule has 0 heterocycles. The Morgan fingerprint density at radius 1 is 1.11 bits per heavy atom. The second-order valence-electron chi connectivity index (χ2n) is 6.51. The molecule has 27 heavy (non-hydrogen) atoms. The minimum absolute atomic E-state index is 0.0393. The number of nitrogens with one attached hydrogen (secondary N) is 1. The van der Waals surface area contributed by atoms with Gasteiger partial charge in [-0.3, -0.25) is 4.79 Å². The fourth-order valence-electron chi connectivity index (χ4n) is 2.75. The monoisotopic (exact) mass is 379 g/mol. The number of ether oxygens (including phenoxy) is 1. The predicted molar refractivity (Wildman–Crippen MR) is 98.5 cm³/mol. The molecule has 0 aliphatic rings. The van der Waals surface area contributed by atoms with Crippen LogP contribution in [0.4, 0.5) is 13.2 Å². The maximum absolute atomic E-state index is 13.1. The number of aryl methyl sites for hydroxylation is 2. The van der Waals surface area contributed by atoms with Gasteiger partial charge in [0.2, 0.25) is 0 Å². The smallest absolute Gasteiger partial charge is 0.416 e. The summed E-state index contributed by atoms with van der Waals surface area (Å²) in [5.41, 5.74) is 1.40. The third-order valence-electron chi connectivity index (χ3n) is 4.35. The van der Waals surface area contributed by atoms with E-state index in [1.54, 1.807) is 0 Å². The summed E-state index contributed by atoms with van der Waals surface area (Å²) >= 11 is 0. The van der Waals surface area contributed by atoms with E-state index in [1.807, 2.05) is 38.1 Å². The number of halogens is 3. The SMILES string of the molecule is CCC[C@@H](Oc1ccc(C)c(C(F)(F)F)c1)C(=O)NCc1ccccc1C. The Morgan fingerprint density at radius 3 is 2.44 bits per heavy atom. The van der Waals surface area contributed by atoms with Crippen molar-refractivity contribution in [1.82, 2.24) is 5.32 Å². The quantitative estimate of drug-likeness (QED) is 0.719. The largest absolute Gasteiger partial charge is 0.481 e. The predicted octanol–water partition coefficient (Wildman–Crippen LogP) is 5.19. The molecular weight excluding hydrogens is 355 g/mol. The van der Waals surface area contributed by atoms with E-state index in [0.29, 0.717) is 19.4 Å². The van der Waals surface area contributed by atoms with Crippen molar-refractivity contribution in [1.29, 1.82) is 0 Å². The normalized spacial score (nSPS) is 12.5. The summed E-state index contributed by atoms with van der Waals surface area (Å²) in [6.07, 6.45) is -4.23. The first-order chi connectivity index (χ1) is 12.7. The lowest BCUT2D eigenvalue weighted by Gasteiger charge is -2.20. The first kappa shape index (κ1) is 20.8. The van der Waals surface area contributed by atoms with Crippen molar-refractivity contribution in [2.75, 3.05) is 0 Å².